The van der Waals surface area contributed by atoms with Crippen molar-refractivity contribution in [2.24, 2.45) is 5.92 Å². The number of rotatable bonds is 2. The molecule has 2 rings (SSSR count). The molecule has 13 heavy (non-hydrogen) atoms. The predicted molar refractivity (Wildman–Crippen MR) is 66.0 cm³/mol. The van der Waals surface area contributed by atoms with Crippen LogP contribution in [-0.2, 0) is 0 Å². The first-order valence-electron chi connectivity index (χ1n) is 4.27. The van der Waals surface area contributed by atoms with Crippen LogP contribution >= 0.6 is 54.8 Å². The molecule has 0 nitrogen and oxygen atoms in total. The van der Waals surface area contributed by atoms with Crippen LogP contribution in [-0.4, -0.2) is 0 Å². The van der Waals surface area contributed by atoms with Crippen LogP contribution in [0.25, 0.3) is 0 Å². The molecule has 0 bridgehead atoms. The molecule has 0 amide bonds. The van der Waals surface area contributed by atoms with Gasteiger partial charge < -0.3 is 0 Å². The lowest BCUT2D eigenvalue weighted by atomic mass is 9.82. The molecule has 1 aromatic rings. The first kappa shape index (κ1) is 10.5. The van der Waals surface area contributed by atoms with E-state index in [0.717, 1.165) is 14.7 Å². The molecule has 1 aliphatic carbocycles. The van der Waals surface area contributed by atoms with Crippen molar-refractivity contribution in [1.29, 1.82) is 0 Å². The lowest BCUT2D eigenvalue weighted by Gasteiger charge is -2.29. The second kappa shape index (κ2) is 4.21. The van der Waals surface area contributed by atoms with Crippen molar-refractivity contribution in [3.05, 3.63) is 19.8 Å². The van der Waals surface area contributed by atoms with E-state index in [-0.39, 0.29) is 0 Å². The number of thiophene rings is 1. The zero-order valence-corrected chi connectivity index (χ0v) is 11.6. The van der Waals surface area contributed by atoms with Gasteiger partial charge in [0.1, 0.15) is 4.34 Å². The van der Waals surface area contributed by atoms with Crippen LogP contribution in [0.15, 0.2) is 10.5 Å². The van der Waals surface area contributed by atoms with Crippen molar-refractivity contribution in [3.63, 3.8) is 0 Å². The SMILES string of the molecule is Clc1sc(C(Br)C2CCC2)cc1Br. The fourth-order valence-corrected chi connectivity index (χ4v) is 4.21. The lowest BCUT2D eigenvalue weighted by Crippen LogP contribution is -2.15. The number of alkyl halides is 1. The monoisotopic (exact) mass is 342 g/mol. The second-order valence-electron chi connectivity index (χ2n) is 3.36. The van der Waals surface area contributed by atoms with E-state index in [1.165, 1.54) is 24.1 Å². The van der Waals surface area contributed by atoms with Gasteiger partial charge in [0, 0.05) is 9.35 Å². The molecule has 72 valence electrons. The largest absolute Gasteiger partial charge is 0.126 e. The highest BCUT2D eigenvalue weighted by Gasteiger charge is 2.27. The lowest BCUT2D eigenvalue weighted by molar-refractivity contribution is 0.314. The summed E-state index contributed by atoms with van der Waals surface area (Å²) >= 11 is 14.8. The van der Waals surface area contributed by atoms with Gasteiger partial charge in [0.15, 0.2) is 0 Å². The van der Waals surface area contributed by atoms with Crippen molar-refractivity contribution >= 4 is 54.8 Å². The average molecular weight is 344 g/mol. The molecule has 1 fully saturated rings. The normalized spacial score (nSPS) is 19.9. The van der Waals surface area contributed by atoms with Crippen molar-refractivity contribution in [3.8, 4) is 0 Å². The van der Waals surface area contributed by atoms with Gasteiger partial charge in [-0.25, -0.2) is 0 Å². The summed E-state index contributed by atoms with van der Waals surface area (Å²) in [4.78, 5) is 1.86. The molecule has 1 unspecified atom stereocenters. The van der Waals surface area contributed by atoms with Crippen LogP contribution in [0.4, 0.5) is 0 Å². The Bertz CT molecular complexity index is 287. The third-order valence-corrected chi connectivity index (χ3v) is 6.60. The second-order valence-corrected chi connectivity index (χ2v) is 6.89. The van der Waals surface area contributed by atoms with Crippen LogP contribution in [0, 0.1) is 5.92 Å². The maximum absolute atomic E-state index is 5.99. The standard InChI is InChI=1S/C9H9Br2ClS/c10-6-4-7(13-9(6)12)8(11)5-2-1-3-5/h4-5,8H,1-3H2. The van der Waals surface area contributed by atoms with Crippen molar-refractivity contribution < 1.29 is 0 Å². The molecule has 0 radical (unpaired) electrons. The molecular weight excluding hydrogens is 335 g/mol. The maximum Gasteiger partial charge on any atom is 0.107 e. The average Bonchev–Trinajstić information content (AvgIpc) is 2.28. The van der Waals surface area contributed by atoms with Crippen LogP contribution in [0.5, 0.6) is 0 Å². The summed E-state index contributed by atoms with van der Waals surface area (Å²) in [5.74, 6) is 0.821. The van der Waals surface area contributed by atoms with Gasteiger partial charge in [-0.3, -0.25) is 0 Å². The van der Waals surface area contributed by atoms with E-state index < -0.39 is 0 Å². The fourth-order valence-electron chi connectivity index (χ4n) is 1.46. The molecular formula is C9H9Br2ClS. The molecule has 1 atom stereocenters. The van der Waals surface area contributed by atoms with Gasteiger partial charge in [-0.05, 0) is 40.8 Å². The molecule has 0 N–H and O–H groups in total. The first-order chi connectivity index (χ1) is 6.18. The zero-order valence-electron chi connectivity index (χ0n) is 6.90. The minimum Gasteiger partial charge on any atom is -0.126 e. The minimum absolute atomic E-state index is 0.509. The topological polar surface area (TPSA) is 0 Å². The predicted octanol–water partition coefficient (Wildman–Crippen LogP) is 5.40. The van der Waals surface area contributed by atoms with Crippen LogP contribution in [0.2, 0.25) is 4.34 Å². The molecule has 0 saturated heterocycles. The summed E-state index contributed by atoms with van der Waals surface area (Å²) in [6.45, 7) is 0. The van der Waals surface area contributed by atoms with Gasteiger partial charge >= 0.3 is 0 Å². The third kappa shape index (κ3) is 2.14. The van der Waals surface area contributed by atoms with Gasteiger partial charge in [0.05, 0.1) is 4.83 Å². The Hall–Kier alpha value is 0.950. The summed E-state index contributed by atoms with van der Waals surface area (Å²) in [7, 11) is 0. The highest BCUT2D eigenvalue weighted by molar-refractivity contribution is 9.10. The Balaban J connectivity index is 2.14. The van der Waals surface area contributed by atoms with Crippen LogP contribution < -0.4 is 0 Å². The van der Waals surface area contributed by atoms with Crippen molar-refractivity contribution in [2.75, 3.05) is 0 Å². The Kier molecular flexibility index (Phi) is 3.39. The number of halogens is 3. The first-order valence-corrected chi connectivity index (χ1v) is 7.17. The summed E-state index contributed by atoms with van der Waals surface area (Å²) in [6.07, 6.45) is 4.08. The van der Waals surface area contributed by atoms with Gasteiger partial charge in [-0.15, -0.1) is 11.3 Å². The maximum atomic E-state index is 5.99. The van der Waals surface area contributed by atoms with E-state index in [9.17, 15) is 0 Å². The zero-order chi connectivity index (χ0) is 9.42. The van der Waals surface area contributed by atoms with E-state index in [1.807, 2.05) is 0 Å². The minimum atomic E-state index is 0.509. The van der Waals surface area contributed by atoms with Crippen LogP contribution in [0.1, 0.15) is 29.0 Å². The Morgan fingerprint density at radius 1 is 1.54 bits per heavy atom. The molecule has 1 heterocycles. The summed E-state index contributed by atoms with van der Waals surface area (Å²) in [5, 5.41) is 0. The molecule has 1 aromatic heterocycles. The van der Waals surface area contributed by atoms with E-state index >= 15 is 0 Å². The van der Waals surface area contributed by atoms with Gasteiger partial charge in [-0.1, -0.05) is 34.0 Å². The molecule has 1 saturated carbocycles. The van der Waals surface area contributed by atoms with Crippen molar-refractivity contribution in [2.45, 2.75) is 24.1 Å². The smallest absolute Gasteiger partial charge is 0.107 e. The summed E-state index contributed by atoms with van der Waals surface area (Å²) in [6, 6.07) is 2.13. The van der Waals surface area contributed by atoms with Gasteiger partial charge in [0.2, 0.25) is 0 Å². The Labute approximate surface area is 104 Å². The van der Waals surface area contributed by atoms with E-state index in [4.69, 9.17) is 11.6 Å². The third-order valence-electron chi connectivity index (χ3n) is 2.50. The Morgan fingerprint density at radius 2 is 2.23 bits per heavy atom. The number of hydrogen-bond acceptors (Lipinski definition) is 1. The Morgan fingerprint density at radius 3 is 2.62 bits per heavy atom. The molecule has 0 aliphatic heterocycles. The molecule has 0 aromatic carbocycles. The van der Waals surface area contributed by atoms with E-state index in [1.54, 1.807) is 11.3 Å². The summed E-state index contributed by atoms with van der Waals surface area (Å²) in [5.41, 5.74) is 0. The van der Waals surface area contributed by atoms with E-state index in [0.29, 0.717) is 4.83 Å². The van der Waals surface area contributed by atoms with Crippen LogP contribution in [0.3, 0.4) is 0 Å². The van der Waals surface area contributed by atoms with E-state index in [2.05, 4.69) is 37.9 Å². The van der Waals surface area contributed by atoms with Crippen molar-refractivity contribution in [1.82, 2.24) is 0 Å². The highest BCUT2D eigenvalue weighted by atomic mass is 79.9. The quantitative estimate of drug-likeness (QED) is 0.630. The van der Waals surface area contributed by atoms with Gasteiger partial charge in [0.25, 0.3) is 0 Å². The molecule has 0 spiro atoms. The number of hydrogen-bond donors (Lipinski definition) is 0. The fraction of sp³-hybridized carbons (Fsp3) is 0.556. The molecule has 4 heteroatoms. The summed E-state index contributed by atoms with van der Waals surface area (Å²) < 4.78 is 1.89. The molecule has 1 aliphatic rings. The highest BCUT2D eigenvalue weighted by Crippen LogP contribution is 2.47. The van der Waals surface area contributed by atoms with Gasteiger partial charge in [-0.2, -0.15) is 0 Å².